The monoisotopic (exact) mass is 298 g/mol. The van der Waals surface area contributed by atoms with Crippen molar-refractivity contribution in [1.29, 1.82) is 0 Å². The van der Waals surface area contributed by atoms with Crippen molar-refractivity contribution in [3.8, 4) is 0 Å². The standard InChI is InChI=1S/C13H15ClN2O4/c14-9-13(5-7-20-8-6-13)15-12(17)10-1-3-11(4-2-10)16(18)19/h1-4H,5-9H2,(H,15,17). The van der Waals surface area contributed by atoms with Crippen molar-refractivity contribution < 1.29 is 14.5 Å². The number of carbonyl (C=O) groups is 1. The molecule has 7 heteroatoms. The highest BCUT2D eigenvalue weighted by Gasteiger charge is 2.33. The summed E-state index contributed by atoms with van der Waals surface area (Å²) in [6.45, 7) is 1.13. The third-order valence-corrected chi connectivity index (χ3v) is 3.94. The Bertz CT molecular complexity index is 498. The third-order valence-electron chi connectivity index (χ3n) is 3.42. The van der Waals surface area contributed by atoms with Crippen LogP contribution in [-0.4, -0.2) is 35.5 Å². The average molecular weight is 299 g/mol. The molecule has 1 amide bonds. The summed E-state index contributed by atoms with van der Waals surface area (Å²) in [6, 6.07) is 5.50. The molecule has 1 heterocycles. The van der Waals surface area contributed by atoms with Gasteiger partial charge in [0.25, 0.3) is 11.6 Å². The Kier molecular flexibility index (Phi) is 4.57. The Morgan fingerprint density at radius 2 is 1.95 bits per heavy atom. The zero-order valence-corrected chi connectivity index (χ0v) is 11.6. The highest BCUT2D eigenvalue weighted by atomic mass is 35.5. The molecule has 0 unspecified atom stereocenters. The number of nitrogens with zero attached hydrogens (tertiary/aromatic N) is 1. The van der Waals surface area contributed by atoms with Gasteiger partial charge in [-0.3, -0.25) is 14.9 Å². The van der Waals surface area contributed by atoms with Crippen LogP contribution in [0.2, 0.25) is 0 Å². The predicted octanol–water partition coefficient (Wildman–Crippen LogP) is 2.11. The van der Waals surface area contributed by atoms with Crippen LogP contribution in [0.5, 0.6) is 0 Å². The smallest absolute Gasteiger partial charge is 0.269 e. The number of non-ortho nitro benzene ring substituents is 1. The fraction of sp³-hybridized carbons (Fsp3) is 0.462. The van der Waals surface area contributed by atoms with Crippen molar-refractivity contribution in [2.45, 2.75) is 18.4 Å². The molecule has 1 saturated heterocycles. The van der Waals surface area contributed by atoms with E-state index in [0.717, 1.165) is 0 Å². The molecule has 0 aromatic heterocycles. The predicted molar refractivity (Wildman–Crippen MR) is 74.1 cm³/mol. The number of halogens is 1. The molecule has 0 radical (unpaired) electrons. The van der Waals surface area contributed by atoms with Crippen molar-refractivity contribution in [2.75, 3.05) is 19.1 Å². The zero-order valence-electron chi connectivity index (χ0n) is 10.8. The zero-order chi connectivity index (χ0) is 14.6. The number of hydrogen-bond donors (Lipinski definition) is 1. The van der Waals surface area contributed by atoms with E-state index in [1.54, 1.807) is 0 Å². The number of hydrogen-bond acceptors (Lipinski definition) is 4. The maximum Gasteiger partial charge on any atom is 0.269 e. The van der Waals surface area contributed by atoms with Crippen molar-refractivity contribution >= 4 is 23.2 Å². The van der Waals surface area contributed by atoms with Gasteiger partial charge >= 0.3 is 0 Å². The highest BCUT2D eigenvalue weighted by molar-refractivity contribution is 6.19. The van der Waals surface area contributed by atoms with Crippen LogP contribution in [0.15, 0.2) is 24.3 Å². The van der Waals surface area contributed by atoms with Crippen LogP contribution in [0.1, 0.15) is 23.2 Å². The van der Waals surface area contributed by atoms with Crippen LogP contribution >= 0.6 is 11.6 Å². The van der Waals surface area contributed by atoms with E-state index >= 15 is 0 Å². The van der Waals surface area contributed by atoms with Gasteiger partial charge in [-0.2, -0.15) is 0 Å². The van der Waals surface area contributed by atoms with E-state index in [-0.39, 0.29) is 11.6 Å². The number of nitrogens with one attached hydrogen (secondary N) is 1. The molecule has 0 spiro atoms. The summed E-state index contributed by atoms with van der Waals surface area (Å²) in [5.74, 6) is 0.0391. The van der Waals surface area contributed by atoms with Crippen molar-refractivity contribution in [3.05, 3.63) is 39.9 Å². The van der Waals surface area contributed by atoms with Gasteiger partial charge in [0.05, 0.1) is 10.5 Å². The third kappa shape index (κ3) is 3.26. The number of nitro benzene ring substituents is 1. The van der Waals surface area contributed by atoms with Gasteiger partial charge in [-0.1, -0.05) is 0 Å². The molecule has 0 aliphatic carbocycles. The fourth-order valence-corrected chi connectivity index (χ4v) is 2.44. The number of carbonyl (C=O) groups excluding carboxylic acids is 1. The Morgan fingerprint density at radius 3 is 2.45 bits per heavy atom. The quantitative estimate of drug-likeness (QED) is 0.524. The number of benzene rings is 1. The lowest BCUT2D eigenvalue weighted by Crippen LogP contribution is -2.53. The molecular formula is C13H15ClN2O4. The van der Waals surface area contributed by atoms with Crippen molar-refractivity contribution in [3.63, 3.8) is 0 Å². The Balaban J connectivity index is 2.08. The lowest BCUT2D eigenvalue weighted by atomic mass is 9.92. The van der Waals surface area contributed by atoms with E-state index in [4.69, 9.17) is 16.3 Å². The summed E-state index contributed by atoms with van der Waals surface area (Å²) >= 11 is 5.98. The van der Waals surface area contributed by atoms with E-state index < -0.39 is 10.5 Å². The second-order valence-corrected chi connectivity index (χ2v) is 5.05. The normalized spacial score (nSPS) is 17.4. The molecule has 1 aliphatic heterocycles. The second kappa shape index (κ2) is 6.19. The number of alkyl halides is 1. The Hall–Kier alpha value is -1.66. The fourth-order valence-electron chi connectivity index (χ4n) is 2.10. The lowest BCUT2D eigenvalue weighted by molar-refractivity contribution is -0.384. The van der Waals surface area contributed by atoms with Gasteiger partial charge in [0.15, 0.2) is 0 Å². The summed E-state index contributed by atoms with van der Waals surface area (Å²) in [7, 11) is 0. The molecule has 108 valence electrons. The molecule has 0 saturated carbocycles. The van der Waals surface area contributed by atoms with Gasteiger partial charge in [0.2, 0.25) is 0 Å². The van der Waals surface area contributed by atoms with E-state index in [9.17, 15) is 14.9 Å². The minimum Gasteiger partial charge on any atom is -0.381 e. The van der Waals surface area contributed by atoms with Crippen LogP contribution in [0.4, 0.5) is 5.69 Å². The Labute approximate surface area is 121 Å². The summed E-state index contributed by atoms with van der Waals surface area (Å²) in [5, 5.41) is 13.5. The molecule has 6 nitrogen and oxygen atoms in total. The van der Waals surface area contributed by atoms with Gasteiger partial charge in [0.1, 0.15) is 0 Å². The molecule has 1 fully saturated rings. The minimum atomic E-state index is -0.500. The van der Waals surface area contributed by atoms with E-state index in [0.29, 0.717) is 37.5 Å². The molecule has 1 aromatic rings. The van der Waals surface area contributed by atoms with Gasteiger partial charge in [-0.15, -0.1) is 11.6 Å². The van der Waals surface area contributed by atoms with Crippen LogP contribution in [0, 0.1) is 10.1 Å². The molecule has 20 heavy (non-hydrogen) atoms. The largest absolute Gasteiger partial charge is 0.381 e. The number of ether oxygens (including phenoxy) is 1. The van der Waals surface area contributed by atoms with Crippen molar-refractivity contribution in [1.82, 2.24) is 5.32 Å². The second-order valence-electron chi connectivity index (χ2n) is 4.78. The SMILES string of the molecule is O=C(NC1(CCl)CCOCC1)c1ccc([N+](=O)[O-])cc1. The maximum atomic E-state index is 12.2. The van der Waals surface area contributed by atoms with Gasteiger partial charge in [-0.25, -0.2) is 0 Å². The summed E-state index contributed by atoms with van der Waals surface area (Å²) in [6.07, 6.45) is 1.32. The number of amides is 1. The topological polar surface area (TPSA) is 81.5 Å². The van der Waals surface area contributed by atoms with Crippen LogP contribution in [0.25, 0.3) is 0 Å². The molecule has 1 aliphatic rings. The molecule has 0 atom stereocenters. The summed E-state index contributed by atoms with van der Waals surface area (Å²) in [5.41, 5.74) is -0.121. The van der Waals surface area contributed by atoms with Gasteiger partial charge in [0, 0.05) is 36.8 Å². The summed E-state index contributed by atoms with van der Waals surface area (Å²) in [4.78, 5) is 22.2. The van der Waals surface area contributed by atoms with Crippen molar-refractivity contribution in [2.24, 2.45) is 0 Å². The Morgan fingerprint density at radius 1 is 1.35 bits per heavy atom. The van der Waals surface area contributed by atoms with Crippen LogP contribution < -0.4 is 5.32 Å². The number of nitro groups is 1. The van der Waals surface area contributed by atoms with Gasteiger partial charge < -0.3 is 10.1 Å². The molecule has 2 rings (SSSR count). The van der Waals surface area contributed by atoms with Crippen LogP contribution in [-0.2, 0) is 4.74 Å². The first-order valence-electron chi connectivity index (χ1n) is 6.27. The number of rotatable bonds is 4. The molecule has 1 aromatic carbocycles. The minimum absolute atomic E-state index is 0.0420. The lowest BCUT2D eigenvalue weighted by Gasteiger charge is -2.36. The average Bonchev–Trinajstić information content (AvgIpc) is 2.48. The summed E-state index contributed by atoms with van der Waals surface area (Å²) < 4.78 is 5.27. The first kappa shape index (κ1) is 14.7. The van der Waals surface area contributed by atoms with Crippen LogP contribution in [0.3, 0.4) is 0 Å². The first-order chi connectivity index (χ1) is 9.56. The first-order valence-corrected chi connectivity index (χ1v) is 6.80. The highest BCUT2D eigenvalue weighted by Crippen LogP contribution is 2.23. The van der Waals surface area contributed by atoms with Gasteiger partial charge in [-0.05, 0) is 25.0 Å². The molecule has 1 N–H and O–H groups in total. The van der Waals surface area contributed by atoms with E-state index in [2.05, 4.69) is 5.32 Å². The molecular weight excluding hydrogens is 284 g/mol. The van der Waals surface area contributed by atoms with E-state index in [1.807, 2.05) is 0 Å². The molecule has 0 bridgehead atoms. The van der Waals surface area contributed by atoms with E-state index in [1.165, 1.54) is 24.3 Å². The maximum absolute atomic E-state index is 12.2.